The molecule has 0 bridgehead atoms. The highest BCUT2D eigenvalue weighted by molar-refractivity contribution is 5.59. The van der Waals surface area contributed by atoms with Crippen LogP contribution in [0.5, 0.6) is 0 Å². The third-order valence-electron chi connectivity index (χ3n) is 4.65. The van der Waals surface area contributed by atoms with E-state index in [1.165, 1.54) is 17.0 Å². The average Bonchev–Trinajstić information content (AvgIpc) is 2.78. The summed E-state index contributed by atoms with van der Waals surface area (Å²) in [6, 6.07) is 5.16. The van der Waals surface area contributed by atoms with Gasteiger partial charge in [-0.1, -0.05) is 19.4 Å². The van der Waals surface area contributed by atoms with E-state index >= 15 is 0 Å². The first-order valence-corrected chi connectivity index (χ1v) is 10.4. The molecule has 0 aliphatic rings. The maximum atomic E-state index is 13.1. The van der Waals surface area contributed by atoms with Crippen LogP contribution in [0.2, 0.25) is 0 Å². The number of nitrogens with one attached hydrogen (secondary N) is 1. The average molecular weight is 501 g/mol. The lowest BCUT2D eigenvalue weighted by atomic mass is 10.2. The van der Waals surface area contributed by atoms with Gasteiger partial charge in [0.05, 0.1) is 6.10 Å². The van der Waals surface area contributed by atoms with Crippen LogP contribution in [0.4, 0.5) is 43.9 Å². The quantitative estimate of drug-likeness (QED) is 0.429. The number of nitrogens with zero attached hydrogens (tertiary/aromatic N) is 6. The molecule has 0 fully saturated rings. The normalized spacial score (nSPS) is 12.9. The van der Waals surface area contributed by atoms with Gasteiger partial charge in [-0.2, -0.15) is 41.3 Å². The van der Waals surface area contributed by atoms with Crippen molar-refractivity contribution in [3.05, 3.63) is 47.9 Å². The first-order valence-electron chi connectivity index (χ1n) is 10.4. The molecule has 188 valence electrons. The molecule has 0 saturated heterocycles. The number of aromatic nitrogens is 5. The minimum Gasteiger partial charge on any atom is -0.391 e. The maximum Gasteiger partial charge on any atom is 0.433 e. The van der Waals surface area contributed by atoms with Gasteiger partial charge in [-0.25, -0.2) is 4.98 Å². The van der Waals surface area contributed by atoms with Gasteiger partial charge in [-0.3, -0.25) is 4.98 Å². The SMILES string of the molecule is CCCC(O)CN(C)c1nc(Nc2ccnc(C(F)(F)F)c2)nc(-c2cccc(C(F)(F)F)n2)n1. The van der Waals surface area contributed by atoms with Crippen molar-refractivity contribution in [3.8, 4) is 11.5 Å². The molecular weight excluding hydrogens is 480 g/mol. The van der Waals surface area contributed by atoms with Crippen LogP contribution in [0, 0.1) is 0 Å². The molecule has 0 amide bonds. The summed E-state index contributed by atoms with van der Waals surface area (Å²) in [6.45, 7) is 1.98. The zero-order valence-corrected chi connectivity index (χ0v) is 18.6. The number of alkyl halides is 6. The maximum absolute atomic E-state index is 13.1. The fourth-order valence-electron chi connectivity index (χ4n) is 3.04. The van der Waals surface area contributed by atoms with Crippen molar-refractivity contribution in [2.45, 2.75) is 38.2 Å². The second kappa shape index (κ2) is 10.4. The van der Waals surface area contributed by atoms with Crippen LogP contribution in [0.15, 0.2) is 36.5 Å². The standard InChI is InChI=1S/C21H21F6N7O/c1-3-5-13(35)11-34(2)19-32-17(14-6-4-7-15(30-14)20(22,23)24)31-18(33-19)29-12-8-9-28-16(10-12)21(25,26)27/h4,6-10,13,35H,3,5,11H2,1-2H3,(H,28,29,31,32,33). The second-order valence-electron chi connectivity index (χ2n) is 7.56. The molecule has 3 aromatic rings. The Balaban J connectivity index is 2.04. The van der Waals surface area contributed by atoms with Gasteiger partial charge in [0.2, 0.25) is 11.9 Å². The molecule has 0 aliphatic heterocycles. The minimum atomic E-state index is -4.71. The highest BCUT2D eigenvalue weighted by Crippen LogP contribution is 2.31. The summed E-state index contributed by atoms with van der Waals surface area (Å²) < 4.78 is 78.5. The largest absolute Gasteiger partial charge is 0.433 e. The van der Waals surface area contributed by atoms with E-state index in [-0.39, 0.29) is 35.6 Å². The number of halogens is 6. The molecule has 35 heavy (non-hydrogen) atoms. The highest BCUT2D eigenvalue weighted by Gasteiger charge is 2.33. The third kappa shape index (κ3) is 6.97. The van der Waals surface area contributed by atoms with Crippen molar-refractivity contribution in [1.82, 2.24) is 24.9 Å². The van der Waals surface area contributed by atoms with E-state index in [0.29, 0.717) is 12.8 Å². The molecule has 0 aliphatic carbocycles. The zero-order valence-electron chi connectivity index (χ0n) is 18.6. The lowest BCUT2D eigenvalue weighted by Crippen LogP contribution is -2.30. The van der Waals surface area contributed by atoms with Crippen molar-refractivity contribution < 1.29 is 31.4 Å². The molecule has 1 atom stereocenters. The van der Waals surface area contributed by atoms with Crippen molar-refractivity contribution in [3.63, 3.8) is 0 Å². The Kier molecular flexibility index (Phi) is 7.73. The van der Waals surface area contributed by atoms with Crippen molar-refractivity contribution >= 4 is 17.6 Å². The van der Waals surface area contributed by atoms with E-state index < -0.39 is 29.8 Å². The Bertz CT molecular complexity index is 1160. The lowest BCUT2D eigenvalue weighted by molar-refractivity contribution is -0.141. The molecule has 2 N–H and O–H groups in total. The summed E-state index contributed by atoms with van der Waals surface area (Å²) in [5, 5.41) is 12.7. The van der Waals surface area contributed by atoms with Crippen LogP contribution in [0.1, 0.15) is 31.2 Å². The highest BCUT2D eigenvalue weighted by atomic mass is 19.4. The number of hydrogen-bond donors (Lipinski definition) is 2. The van der Waals surface area contributed by atoms with Gasteiger partial charge in [-0.15, -0.1) is 0 Å². The Labute approximate surface area is 196 Å². The Morgan fingerprint density at radius 2 is 1.69 bits per heavy atom. The smallest absolute Gasteiger partial charge is 0.391 e. The molecule has 0 saturated carbocycles. The fourth-order valence-corrected chi connectivity index (χ4v) is 3.04. The number of anilines is 3. The summed E-state index contributed by atoms with van der Waals surface area (Å²) in [4.78, 5) is 20.7. The first-order chi connectivity index (χ1) is 16.4. The number of pyridine rings is 2. The number of hydrogen-bond acceptors (Lipinski definition) is 8. The molecule has 0 aromatic carbocycles. The Hall–Kier alpha value is -3.55. The molecule has 0 spiro atoms. The number of likely N-dealkylation sites (N-methyl/N-ethyl adjacent to an activating group) is 1. The van der Waals surface area contributed by atoms with Crippen molar-refractivity contribution in [2.24, 2.45) is 0 Å². The van der Waals surface area contributed by atoms with Gasteiger partial charge in [0.15, 0.2) is 5.82 Å². The van der Waals surface area contributed by atoms with Crippen LogP contribution >= 0.6 is 0 Å². The molecule has 14 heteroatoms. The predicted octanol–water partition coefficient (Wildman–Crippen LogP) is 4.71. The van der Waals surface area contributed by atoms with E-state index in [0.717, 1.165) is 24.4 Å². The zero-order chi connectivity index (χ0) is 25.8. The summed E-state index contributed by atoms with van der Waals surface area (Å²) in [5.41, 5.74) is -2.60. The third-order valence-corrected chi connectivity index (χ3v) is 4.65. The summed E-state index contributed by atoms with van der Waals surface area (Å²) in [5.74, 6) is -0.511. The van der Waals surface area contributed by atoms with Crippen LogP contribution in [0.3, 0.4) is 0 Å². The van der Waals surface area contributed by atoms with Crippen LogP contribution in [-0.4, -0.2) is 49.7 Å². The summed E-state index contributed by atoms with van der Waals surface area (Å²) in [6.07, 6.45) is -8.00. The van der Waals surface area contributed by atoms with E-state index in [4.69, 9.17) is 0 Å². The Morgan fingerprint density at radius 3 is 2.34 bits per heavy atom. The monoisotopic (exact) mass is 501 g/mol. The minimum absolute atomic E-state index is 0.0306. The van der Waals surface area contributed by atoms with Crippen molar-refractivity contribution in [2.75, 3.05) is 23.8 Å². The second-order valence-corrected chi connectivity index (χ2v) is 7.56. The molecule has 3 rings (SSSR count). The molecule has 3 heterocycles. The number of aliphatic hydroxyl groups excluding tert-OH is 1. The molecule has 1 unspecified atom stereocenters. The van der Waals surface area contributed by atoms with Gasteiger partial charge < -0.3 is 15.3 Å². The number of rotatable bonds is 8. The van der Waals surface area contributed by atoms with Crippen LogP contribution < -0.4 is 10.2 Å². The lowest BCUT2D eigenvalue weighted by Gasteiger charge is -2.21. The predicted molar refractivity (Wildman–Crippen MR) is 115 cm³/mol. The van der Waals surface area contributed by atoms with Crippen LogP contribution in [-0.2, 0) is 12.4 Å². The van der Waals surface area contributed by atoms with Gasteiger partial charge in [0.1, 0.15) is 17.1 Å². The van der Waals surface area contributed by atoms with Crippen molar-refractivity contribution in [1.29, 1.82) is 0 Å². The Morgan fingerprint density at radius 1 is 0.971 bits per heavy atom. The van der Waals surface area contributed by atoms with Gasteiger partial charge >= 0.3 is 12.4 Å². The van der Waals surface area contributed by atoms with Gasteiger partial charge in [-0.05, 0) is 30.7 Å². The molecule has 8 nitrogen and oxygen atoms in total. The van der Waals surface area contributed by atoms with Gasteiger partial charge in [0, 0.05) is 25.5 Å². The van der Waals surface area contributed by atoms with E-state index in [9.17, 15) is 31.4 Å². The van der Waals surface area contributed by atoms with Crippen LogP contribution in [0.25, 0.3) is 11.5 Å². The van der Waals surface area contributed by atoms with E-state index in [1.54, 1.807) is 7.05 Å². The topological polar surface area (TPSA) is 100.0 Å². The molecule has 0 radical (unpaired) electrons. The number of aliphatic hydroxyl groups is 1. The first kappa shape index (κ1) is 26.1. The molecular formula is C21H21F6N7O. The summed E-state index contributed by atoms with van der Waals surface area (Å²) >= 11 is 0. The molecule has 3 aromatic heterocycles. The van der Waals surface area contributed by atoms with Gasteiger partial charge in [0.25, 0.3) is 0 Å². The van der Waals surface area contributed by atoms with E-state index in [1.807, 2.05) is 6.92 Å². The fraction of sp³-hybridized carbons (Fsp3) is 0.381. The van der Waals surface area contributed by atoms with E-state index in [2.05, 4.69) is 30.2 Å². The summed E-state index contributed by atoms with van der Waals surface area (Å²) in [7, 11) is 1.55.